The van der Waals surface area contributed by atoms with E-state index in [1.807, 2.05) is 6.92 Å². The molecule has 2 rings (SSSR count). The third-order valence-corrected chi connectivity index (χ3v) is 2.90. The van der Waals surface area contributed by atoms with Gasteiger partial charge in [0.05, 0.1) is 6.20 Å². The van der Waals surface area contributed by atoms with E-state index in [4.69, 9.17) is 4.42 Å². The average Bonchev–Trinajstić information content (AvgIpc) is 2.76. The van der Waals surface area contributed by atoms with Gasteiger partial charge in [-0.25, -0.2) is 4.98 Å². The minimum atomic E-state index is -0.188. The van der Waals surface area contributed by atoms with Crippen molar-refractivity contribution >= 4 is 17.8 Å². The summed E-state index contributed by atoms with van der Waals surface area (Å²) >= 11 is 0. The van der Waals surface area contributed by atoms with Crippen LogP contribution in [0.2, 0.25) is 0 Å². The Balaban J connectivity index is 1.82. The highest BCUT2D eigenvalue weighted by molar-refractivity contribution is 5.89. The average molecular weight is 251 g/mol. The van der Waals surface area contributed by atoms with Gasteiger partial charge < -0.3 is 9.73 Å². The molecular formula is C12H17N3O3. The van der Waals surface area contributed by atoms with E-state index < -0.39 is 0 Å². The van der Waals surface area contributed by atoms with Gasteiger partial charge in [0.1, 0.15) is 5.76 Å². The Morgan fingerprint density at radius 2 is 2.50 bits per heavy atom. The van der Waals surface area contributed by atoms with E-state index in [2.05, 4.69) is 15.6 Å². The van der Waals surface area contributed by atoms with Crippen LogP contribution in [0.25, 0.3) is 0 Å². The van der Waals surface area contributed by atoms with Crippen molar-refractivity contribution in [2.24, 2.45) is 0 Å². The summed E-state index contributed by atoms with van der Waals surface area (Å²) in [4.78, 5) is 26.9. The maximum absolute atomic E-state index is 11.7. The van der Waals surface area contributed by atoms with Crippen LogP contribution in [0, 0.1) is 0 Å². The normalized spacial score (nSPS) is 19.4. The molecular weight excluding hydrogens is 234 g/mol. The number of nitrogens with zero attached hydrogens (tertiary/aromatic N) is 1. The molecule has 1 aliphatic heterocycles. The van der Waals surface area contributed by atoms with Gasteiger partial charge in [0.15, 0.2) is 0 Å². The molecule has 2 amide bonds. The van der Waals surface area contributed by atoms with Crippen LogP contribution in [0.15, 0.2) is 10.6 Å². The molecule has 0 spiro atoms. The number of amides is 2. The number of hydrogen-bond acceptors (Lipinski definition) is 4. The molecule has 18 heavy (non-hydrogen) atoms. The fraction of sp³-hybridized carbons (Fsp3) is 0.583. The van der Waals surface area contributed by atoms with Crippen LogP contribution in [0.1, 0.15) is 38.4 Å². The maximum atomic E-state index is 11.7. The summed E-state index contributed by atoms with van der Waals surface area (Å²) in [6.45, 7) is 1.95. The molecule has 6 heteroatoms. The smallest absolute Gasteiger partial charge is 0.301 e. The SMILES string of the molecule is CCc1cnc(NC(=O)CC2CCCC(=O)N2)o1. The Bertz CT molecular complexity index is 442. The summed E-state index contributed by atoms with van der Waals surface area (Å²) in [6.07, 6.45) is 4.82. The molecule has 2 N–H and O–H groups in total. The third-order valence-electron chi connectivity index (χ3n) is 2.90. The van der Waals surface area contributed by atoms with Crippen molar-refractivity contribution in [3.05, 3.63) is 12.0 Å². The molecule has 0 saturated carbocycles. The minimum absolute atomic E-state index is 0.0171. The molecule has 2 heterocycles. The summed E-state index contributed by atoms with van der Waals surface area (Å²) in [6, 6.07) is 0.144. The Labute approximate surface area is 105 Å². The first-order valence-corrected chi connectivity index (χ1v) is 6.21. The molecule has 1 atom stereocenters. The van der Waals surface area contributed by atoms with Gasteiger partial charge in [-0.15, -0.1) is 0 Å². The zero-order valence-electron chi connectivity index (χ0n) is 10.4. The fourth-order valence-corrected chi connectivity index (χ4v) is 1.96. The van der Waals surface area contributed by atoms with E-state index in [9.17, 15) is 9.59 Å². The number of carbonyl (C=O) groups excluding carboxylic acids is 2. The Kier molecular flexibility index (Phi) is 3.96. The van der Waals surface area contributed by atoms with Crippen LogP contribution >= 0.6 is 0 Å². The molecule has 6 nitrogen and oxygen atoms in total. The van der Waals surface area contributed by atoms with Crippen LogP contribution in [0.3, 0.4) is 0 Å². The number of aryl methyl sites for hydroxylation is 1. The number of hydrogen-bond donors (Lipinski definition) is 2. The van der Waals surface area contributed by atoms with Gasteiger partial charge in [-0.1, -0.05) is 6.92 Å². The van der Waals surface area contributed by atoms with E-state index in [1.165, 1.54) is 0 Å². The third kappa shape index (κ3) is 3.32. The van der Waals surface area contributed by atoms with Gasteiger partial charge in [0.25, 0.3) is 0 Å². The van der Waals surface area contributed by atoms with Gasteiger partial charge in [0.2, 0.25) is 11.8 Å². The first-order valence-electron chi connectivity index (χ1n) is 6.21. The monoisotopic (exact) mass is 251 g/mol. The zero-order valence-corrected chi connectivity index (χ0v) is 10.4. The van der Waals surface area contributed by atoms with Gasteiger partial charge in [-0.2, -0.15) is 0 Å². The molecule has 0 aromatic carbocycles. The molecule has 1 unspecified atom stereocenters. The summed E-state index contributed by atoms with van der Waals surface area (Å²) in [5.74, 6) is 0.561. The second-order valence-electron chi connectivity index (χ2n) is 4.39. The highest BCUT2D eigenvalue weighted by Crippen LogP contribution is 2.13. The van der Waals surface area contributed by atoms with Crippen LogP contribution < -0.4 is 10.6 Å². The predicted octanol–water partition coefficient (Wildman–Crippen LogP) is 1.23. The molecule has 0 bridgehead atoms. The summed E-state index contributed by atoms with van der Waals surface area (Å²) in [5, 5.41) is 5.39. The Morgan fingerprint density at radius 1 is 1.67 bits per heavy atom. The van der Waals surface area contributed by atoms with Gasteiger partial charge in [-0.05, 0) is 12.8 Å². The first kappa shape index (κ1) is 12.6. The zero-order chi connectivity index (χ0) is 13.0. The lowest BCUT2D eigenvalue weighted by Gasteiger charge is -2.22. The van der Waals surface area contributed by atoms with E-state index in [1.54, 1.807) is 6.20 Å². The van der Waals surface area contributed by atoms with Crippen molar-refractivity contribution in [1.82, 2.24) is 10.3 Å². The highest BCUT2D eigenvalue weighted by Gasteiger charge is 2.21. The number of rotatable bonds is 4. The van der Waals surface area contributed by atoms with Crippen molar-refractivity contribution in [3.63, 3.8) is 0 Å². The van der Waals surface area contributed by atoms with Crippen LogP contribution in [-0.2, 0) is 16.0 Å². The molecule has 1 fully saturated rings. The van der Waals surface area contributed by atoms with E-state index >= 15 is 0 Å². The van der Waals surface area contributed by atoms with Gasteiger partial charge in [0, 0.05) is 25.3 Å². The summed E-state index contributed by atoms with van der Waals surface area (Å²) in [7, 11) is 0. The van der Waals surface area contributed by atoms with Gasteiger partial charge >= 0.3 is 6.01 Å². The summed E-state index contributed by atoms with van der Waals surface area (Å²) < 4.78 is 5.28. The van der Waals surface area contributed by atoms with Crippen molar-refractivity contribution in [2.45, 2.75) is 45.1 Å². The molecule has 1 aromatic heterocycles. The second-order valence-corrected chi connectivity index (χ2v) is 4.39. The number of piperidine rings is 1. The molecule has 1 aliphatic rings. The molecule has 98 valence electrons. The standard InChI is InChI=1S/C12H17N3O3/c1-2-9-7-13-12(18-9)15-11(17)6-8-4-3-5-10(16)14-8/h7-8H,2-6H2,1H3,(H,14,16)(H,13,15,17). The molecule has 1 saturated heterocycles. The Morgan fingerprint density at radius 3 is 3.17 bits per heavy atom. The largest absolute Gasteiger partial charge is 0.429 e. The number of nitrogens with one attached hydrogen (secondary N) is 2. The first-order chi connectivity index (χ1) is 8.67. The lowest BCUT2D eigenvalue weighted by molar-refractivity contribution is -0.124. The van der Waals surface area contributed by atoms with Crippen LogP contribution in [0.4, 0.5) is 6.01 Å². The predicted molar refractivity (Wildman–Crippen MR) is 64.9 cm³/mol. The maximum Gasteiger partial charge on any atom is 0.301 e. The van der Waals surface area contributed by atoms with E-state index in [-0.39, 0.29) is 30.3 Å². The number of anilines is 1. The Hall–Kier alpha value is -1.85. The molecule has 1 aromatic rings. The minimum Gasteiger partial charge on any atom is -0.429 e. The molecule has 0 aliphatic carbocycles. The van der Waals surface area contributed by atoms with Crippen LogP contribution in [0.5, 0.6) is 0 Å². The number of oxazole rings is 1. The van der Waals surface area contributed by atoms with Crippen molar-refractivity contribution in [2.75, 3.05) is 5.32 Å². The topological polar surface area (TPSA) is 84.2 Å². The molecule has 0 radical (unpaired) electrons. The fourth-order valence-electron chi connectivity index (χ4n) is 1.96. The van der Waals surface area contributed by atoms with Crippen molar-refractivity contribution < 1.29 is 14.0 Å². The highest BCUT2D eigenvalue weighted by atomic mass is 16.4. The van der Waals surface area contributed by atoms with Gasteiger partial charge in [-0.3, -0.25) is 14.9 Å². The quantitative estimate of drug-likeness (QED) is 0.843. The number of carbonyl (C=O) groups is 2. The van der Waals surface area contributed by atoms with E-state index in [0.717, 1.165) is 25.0 Å². The summed E-state index contributed by atoms with van der Waals surface area (Å²) in [5.41, 5.74) is 0. The van der Waals surface area contributed by atoms with Crippen molar-refractivity contribution in [3.8, 4) is 0 Å². The lowest BCUT2D eigenvalue weighted by Crippen LogP contribution is -2.40. The second kappa shape index (κ2) is 5.66. The van der Waals surface area contributed by atoms with Crippen molar-refractivity contribution in [1.29, 1.82) is 0 Å². The number of aromatic nitrogens is 1. The lowest BCUT2D eigenvalue weighted by atomic mass is 10.0. The van der Waals surface area contributed by atoms with E-state index in [0.29, 0.717) is 6.42 Å². The van der Waals surface area contributed by atoms with Crippen LogP contribution in [-0.4, -0.2) is 22.8 Å².